The molecule has 0 aliphatic rings. The number of aromatic hydroxyl groups is 2. The van der Waals surface area contributed by atoms with Crippen LogP contribution in [0.15, 0.2) is 72.8 Å². The lowest BCUT2D eigenvalue weighted by Gasteiger charge is -2.36. The molecule has 0 saturated heterocycles. The Hall–Kier alpha value is -5.63. The fourth-order valence-corrected chi connectivity index (χ4v) is 6.43. The van der Waals surface area contributed by atoms with Gasteiger partial charge in [-0.15, -0.1) is 0 Å². The highest BCUT2D eigenvalue weighted by molar-refractivity contribution is 5.95. The molecule has 0 bridgehead atoms. The number of ether oxygens (including phenoxy) is 3. The smallest absolute Gasteiger partial charge is 0.328 e. The molecule has 3 aromatic carbocycles. The highest BCUT2D eigenvalue weighted by Crippen LogP contribution is 2.22. The fraction of sp³-hybridized carbons (Fsp3) is 0.477. The maximum atomic E-state index is 14.5. The van der Waals surface area contributed by atoms with Gasteiger partial charge in [-0.25, -0.2) is 4.79 Å². The van der Waals surface area contributed by atoms with Gasteiger partial charge < -0.3 is 39.5 Å². The lowest BCUT2D eigenvalue weighted by molar-refractivity contribution is -0.164. The molecule has 58 heavy (non-hydrogen) atoms. The number of nitrogens with one attached hydrogen (secondary N) is 1. The first-order chi connectivity index (χ1) is 27.4. The molecule has 0 aromatic heterocycles. The lowest BCUT2D eigenvalue weighted by Crippen LogP contribution is -2.59. The van der Waals surface area contributed by atoms with Gasteiger partial charge in [0, 0.05) is 32.9 Å². The molecule has 0 fully saturated rings. The van der Waals surface area contributed by atoms with Gasteiger partial charge in [-0.05, 0) is 85.9 Å². The molecule has 3 N–H and O–H groups in total. The van der Waals surface area contributed by atoms with Gasteiger partial charge in [0.25, 0.3) is 5.91 Å². The molecule has 0 unspecified atom stereocenters. The largest absolute Gasteiger partial charge is 0.508 e. The van der Waals surface area contributed by atoms with E-state index >= 15 is 0 Å². The van der Waals surface area contributed by atoms with E-state index in [4.69, 9.17) is 14.2 Å². The maximum absolute atomic E-state index is 14.5. The van der Waals surface area contributed by atoms with Gasteiger partial charge in [0.15, 0.2) is 6.10 Å². The second-order valence-corrected chi connectivity index (χ2v) is 15.2. The van der Waals surface area contributed by atoms with Crippen LogP contribution in [0.2, 0.25) is 0 Å². The van der Waals surface area contributed by atoms with E-state index < -0.39 is 71.8 Å². The first-order valence-electron chi connectivity index (χ1n) is 19.4. The van der Waals surface area contributed by atoms with Gasteiger partial charge in [0.1, 0.15) is 41.4 Å². The highest BCUT2D eigenvalue weighted by Gasteiger charge is 2.40. The molecule has 0 aliphatic carbocycles. The molecule has 0 spiro atoms. The van der Waals surface area contributed by atoms with E-state index in [0.29, 0.717) is 29.7 Å². The Morgan fingerprint density at radius 2 is 1.09 bits per heavy atom. The number of carbonyl (C=O) groups excluding carboxylic acids is 5. The molecule has 316 valence electrons. The number of phenols is 2. The zero-order valence-corrected chi connectivity index (χ0v) is 35.3. The average molecular weight is 805 g/mol. The second kappa shape index (κ2) is 21.8. The van der Waals surface area contributed by atoms with Crippen molar-refractivity contribution in [2.45, 2.75) is 83.6 Å². The monoisotopic (exact) mass is 804 g/mol. The zero-order chi connectivity index (χ0) is 43.3. The van der Waals surface area contributed by atoms with Crippen molar-refractivity contribution < 1.29 is 48.4 Å². The molecule has 14 heteroatoms. The predicted octanol–water partition coefficient (Wildman–Crippen LogP) is 3.99. The third-order valence-electron chi connectivity index (χ3n) is 10.5. The summed E-state index contributed by atoms with van der Waals surface area (Å²) in [5, 5.41) is 22.6. The quantitative estimate of drug-likeness (QED) is 0.141. The molecule has 0 aliphatic heterocycles. The van der Waals surface area contributed by atoms with E-state index in [1.54, 1.807) is 83.3 Å². The minimum absolute atomic E-state index is 0.00475. The number of esters is 2. The Labute approximate surface area is 342 Å². The van der Waals surface area contributed by atoms with Crippen molar-refractivity contribution in [3.8, 4) is 17.2 Å². The Bertz CT molecular complexity index is 1820. The standard InChI is InChI=1S/C44H60N4O10/c1-11-28(4)39(58-44(55)36(46(5)6)25-31-16-22-34(56-9)23-17-31)40(51)45-38(27(2)3)42(53)47(7)35(24-29-12-18-32(49)19-13-29)41(52)48(8)37(43(54)57-10)26-30-14-20-33(50)21-15-30/h12-23,27-28,35-39,49-50H,11,24-26H2,1-10H3,(H,45,51)/t28-,35+,36-,37-,38+,39+/m1/s1. The molecule has 3 amide bonds. The van der Waals surface area contributed by atoms with Crippen LogP contribution in [0.4, 0.5) is 0 Å². The van der Waals surface area contributed by atoms with Crippen LogP contribution in [-0.4, -0.2) is 127 Å². The topological polar surface area (TPSA) is 175 Å². The number of benzene rings is 3. The summed E-state index contributed by atoms with van der Waals surface area (Å²) in [6.45, 7) is 7.18. The summed E-state index contributed by atoms with van der Waals surface area (Å²) >= 11 is 0. The summed E-state index contributed by atoms with van der Waals surface area (Å²) in [6, 6.07) is 15.6. The van der Waals surface area contributed by atoms with Crippen molar-refractivity contribution in [3.05, 3.63) is 89.5 Å². The van der Waals surface area contributed by atoms with Crippen molar-refractivity contribution in [3.63, 3.8) is 0 Å². The summed E-state index contributed by atoms with van der Waals surface area (Å²) in [5.74, 6) is -3.22. The number of amides is 3. The van der Waals surface area contributed by atoms with Crippen LogP contribution in [0.1, 0.15) is 50.8 Å². The molecule has 6 atom stereocenters. The van der Waals surface area contributed by atoms with Crippen LogP contribution in [0.5, 0.6) is 17.2 Å². The fourth-order valence-electron chi connectivity index (χ4n) is 6.43. The minimum Gasteiger partial charge on any atom is -0.508 e. The van der Waals surface area contributed by atoms with Crippen LogP contribution in [0.25, 0.3) is 0 Å². The first-order valence-corrected chi connectivity index (χ1v) is 19.4. The van der Waals surface area contributed by atoms with Crippen LogP contribution in [0, 0.1) is 11.8 Å². The van der Waals surface area contributed by atoms with E-state index in [1.807, 2.05) is 19.1 Å². The molecule has 0 saturated carbocycles. The number of carbonyl (C=O) groups is 5. The third kappa shape index (κ3) is 12.7. The van der Waals surface area contributed by atoms with Crippen LogP contribution in [0.3, 0.4) is 0 Å². The van der Waals surface area contributed by atoms with Crippen molar-refractivity contribution in [2.24, 2.45) is 11.8 Å². The number of hydrogen-bond donors (Lipinski definition) is 3. The van der Waals surface area contributed by atoms with Crippen molar-refractivity contribution in [1.29, 1.82) is 0 Å². The third-order valence-corrected chi connectivity index (χ3v) is 10.5. The number of likely N-dealkylation sites (N-methyl/N-ethyl adjacent to an activating group) is 3. The summed E-state index contributed by atoms with van der Waals surface area (Å²) in [7, 11) is 9.21. The molecular formula is C44H60N4O10. The molecular weight excluding hydrogens is 745 g/mol. The summed E-state index contributed by atoms with van der Waals surface area (Å²) in [6.07, 6.45) is -0.341. The highest BCUT2D eigenvalue weighted by atomic mass is 16.6. The number of rotatable bonds is 20. The van der Waals surface area contributed by atoms with E-state index in [9.17, 15) is 34.2 Å². The number of methoxy groups -OCH3 is 2. The van der Waals surface area contributed by atoms with Crippen molar-refractivity contribution in [1.82, 2.24) is 20.0 Å². The first kappa shape index (κ1) is 46.8. The summed E-state index contributed by atoms with van der Waals surface area (Å²) in [5.41, 5.74) is 2.15. The number of nitrogens with zero attached hydrogens (tertiary/aromatic N) is 3. The summed E-state index contributed by atoms with van der Waals surface area (Å²) < 4.78 is 16.3. The molecule has 14 nitrogen and oxygen atoms in total. The Kier molecular flexibility index (Phi) is 17.5. The van der Waals surface area contributed by atoms with Crippen LogP contribution >= 0.6 is 0 Å². The van der Waals surface area contributed by atoms with Crippen LogP contribution < -0.4 is 10.1 Å². The van der Waals surface area contributed by atoms with Gasteiger partial charge in [0.05, 0.1) is 14.2 Å². The van der Waals surface area contributed by atoms with Gasteiger partial charge in [-0.3, -0.25) is 24.1 Å². The Morgan fingerprint density at radius 3 is 1.52 bits per heavy atom. The van der Waals surface area contributed by atoms with E-state index in [-0.39, 0.29) is 24.3 Å². The number of hydrogen-bond acceptors (Lipinski definition) is 11. The van der Waals surface area contributed by atoms with Crippen molar-refractivity contribution >= 4 is 29.7 Å². The van der Waals surface area contributed by atoms with Gasteiger partial charge in [0.2, 0.25) is 11.8 Å². The van der Waals surface area contributed by atoms with E-state index in [2.05, 4.69) is 5.32 Å². The minimum atomic E-state index is -1.23. The van der Waals surface area contributed by atoms with Gasteiger partial charge in [-0.1, -0.05) is 64.1 Å². The maximum Gasteiger partial charge on any atom is 0.328 e. The SMILES string of the molecule is CC[C@@H](C)[C@H](OC(=O)[C@@H](Cc1ccc(OC)cc1)N(C)C)C(=O)N[C@H](C(=O)N(C)[C@@H](Cc1ccc(O)cc1)C(=O)N(C)[C@H](Cc1ccc(O)cc1)C(=O)OC)C(C)C. The normalized spacial score (nSPS) is 14.3. The van der Waals surface area contributed by atoms with E-state index in [0.717, 1.165) is 5.56 Å². The molecule has 3 aromatic rings. The van der Waals surface area contributed by atoms with Gasteiger partial charge >= 0.3 is 11.9 Å². The average Bonchev–Trinajstić information content (AvgIpc) is 3.21. The zero-order valence-electron chi connectivity index (χ0n) is 35.3. The molecule has 0 radical (unpaired) electrons. The van der Waals surface area contributed by atoms with Gasteiger partial charge in [-0.2, -0.15) is 0 Å². The second-order valence-electron chi connectivity index (χ2n) is 15.2. The summed E-state index contributed by atoms with van der Waals surface area (Å²) in [4.78, 5) is 74.2. The number of phenolic OH excluding ortho intramolecular Hbond substituents is 2. The lowest BCUT2D eigenvalue weighted by atomic mass is 9.96. The van der Waals surface area contributed by atoms with Crippen LogP contribution in [-0.2, 0) is 52.7 Å². The predicted molar refractivity (Wildman–Crippen MR) is 219 cm³/mol. The molecule has 0 heterocycles. The Balaban J connectivity index is 1.92. The Morgan fingerprint density at radius 1 is 0.638 bits per heavy atom. The van der Waals surface area contributed by atoms with Crippen molar-refractivity contribution in [2.75, 3.05) is 42.4 Å². The molecule has 3 rings (SSSR count). The van der Waals surface area contributed by atoms with E-state index in [1.165, 1.54) is 55.3 Å².